The highest BCUT2D eigenvalue weighted by atomic mass is 16.7. The van der Waals surface area contributed by atoms with Crippen LogP contribution in [0.3, 0.4) is 0 Å². The lowest BCUT2D eigenvalue weighted by molar-refractivity contribution is -0.316. The van der Waals surface area contributed by atoms with Crippen molar-refractivity contribution >= 4 is 5.97 Å². The Hall–Kier alpha value is -1.39. The van der Waals surface area contributed by atoms with E-state index in [0.717, 1.165) is 5.57 Å². The van der Waals surface area contributed by atoms with E-state index in [4.69, 9.17) is 33.2 Å². The van der Waals surface area contributed by atoms with E-state index >= 15 is 0 Å². The molecule has 4 aliphatic rings. The molecule has 4 aliphatic heterocycles. The van der Waals surface area contributed by atoms with E-state index in [2.05, 4.69) is 0 Å². The van der Waals surface area contributed by atoms with Crippen LogP contribution >= 0.6 is 0 Å². The van der Waals surface area contributed by atoms with Crippen LogP contribution in [0.15, 0.2) is 11.3 Å². The fourth-order valence-electron chi connectivity index (χ4n) is 8.73. The molecular formula is C37H65NO12. The number of carbonyl (C=O) groups excluding carboxylic acids is 1. The van der Waals surface area contributed by atoms with E-state index in [1.807, 2.05) is 53.6 Å². The van der Waals surface area contributed by atoms with Crippen molar-refractivity contribution in [3.8, 4) is 0 Å². The van der Waals surface area contributed by atoms with Crippen molar-refractivity contribution in [2.45, 2.75) is 179 Å². The van der Waals surface area contributed by atoms with E-state index in [1.54, 1.807) is 27.7 Å². The molecular weight excluding hydrogens is 650 g/mol. The van der Waals surface area contributed by atoms with Gasteiger partial charge in [0.25, 0.3) is 0 Å². The second-order valence-electron chi connectivity index (χ2n) is 16.3. The highest BCUT2D eigenvalue weighted by Crippen LogP contribution is 2.48. The van der Waals surface area contributed by atoms with Gasteiger partial charge in [-0.3, -0.25) is 4.79 Å². The third-order valence-electron chi connectivity index (χ3n) is 11.9. The lowest BCUT2D eigenvalue weighted by Crippen LogP contribution is -2.60. The van der Waals surface area contributed by atoms with Gasteiger partial charge in [0.2, 0.25) is 0 Å². The van der Waals surface area contributed by atoms with Gasteiger partial charge < -0.3 is 58.5 Å². The number of nitrogens with zero attached hydrogens (tertiary/aromatic N) is 1. The number of rotatable bonds is 9. The van der Waals surface area contributed by atoms with Gasteiger partial charge in [-0.25, -0.2) is 0 Å². The van der Waals surface area contributed by atoms with Gasteiger partial charge in [0.1, 0.15) is 41.4 Å². The molecule has 3 saturated heterocycles. The molecule has 0 aromatic rings. The lowest BCUT2D eigenvalue weighted by Gasteiger charge is -2.48. The summed E-state index contributed by atoms with van der Waals surface area (Å²) in [5.74, 6) is -2.26. The van der Waals surface area contributed by atoms with Crippen molar-refractivity contribution < 1.29 is 58.4 Å². The van der Waals surface area contributed by atoms with Crippen molar-refractivity contribution in [3.63, 3.8) is 0 Å². The minimum absolute atomic E-state index is 0.174. The molecule has 0 aliphatic carbocycles. The molecule has 0 spiro atoms. The predicted octanol–water partition coefficient (Wildman–Crippen LogP) is 2.89. The predicted molar refractivity (Wildman–Crippen MR) is 184 cm³/mol. The zero-order chi connectivity index (χ0) is 37.7. The zero-order valence-corrected chi connectivity index (χ0v) is 32.4. The molecule has 3 fully saturated rings. The summed E-state index contributed by atoms with van der Waals surface area (Å²) in [5.41, 5.74) is -2.95. The molecule has 0 saturated carbocycles. The Kier molecular flexibility index (Phi) is 12.8. The first-order chi connectivity index (χ1) is 23.1. The summed E-state index contributed by atoms with van der Waals surface area (Å²) in [4.78, 5) is 16.2. The molecule has 4 rings (SSSR count). The van der Waals surface area contributed by atoms with Crippen LogP contribution in [-0.4, -0.2) is 137 Å². The van der Waals surface area contributed by atoms with Gasteiger partial charge in [0.15, 0.2) is 12.6 Å². The first-order valence-corrected chi connectivity index (χ1v) is 18.3. The maximum Gasteiger partial charge on any atom is 0.311 e. The van der Waals surface area contributed by atoms with Gasteiger partial charge in [-0.2, -0.15) is 0 Å². The quantitative estimate of drug-likeness (QED) is 0.258. The zero-order valence-electron chi connectivity index (χ0n) is 32.4. The van der Waals surface area contributed by atoms with Crippen molar-refractivity contribution in [3.05, 3.63) is 11.3 Å². The van der Waals surface area contributed by atoms with Crippen molar-refractivity contribution in [2.75, 3.05) is 21.2 Å². The van der Waals surface area contributed by atoms with E-state index in [9.17, 15) is 25.2 Å². The molecule has 17 atom stereocenters. The minimum Gasteiger partial charge on any atom is -0.488 e. The number of fused-ring (bicyclic) bond motifs is 2. The van der Waals surface area contributed by atoms with E-state index in [-0.39, 0.29) is 25.0 Å². The number of carbonyl (C=O) groups is 1. The van der Waals surface area contributed by atoms with Gasteiger partial charge in [-0.15, -0.1) is 0 Å². The van der Waals surface area contributed by atoms with Crippen LogP contribution in [0.4, 0.5) is 0 Å². The smallest absolute Gasteiger partial charge is 0.311 e. The molecule has 290 valence electrons. The van der Waals surface area contributed by atoms with Crippen molar-refractivity contribution in [1.29, 1.82) is 0 Å². The average molecular weight is 716 g/mol. The number of methoxy groups -OCH3 is 1. The average Bonchev–Trinajstić information content (AvgIpc) is 3.36. The summed E-state index contributed by atoms with van der Waals surface area (Å²) in [7, 11) is 5.35. The van der Waals surface area contributed by atoms with Gasteiger partial charge in [-0.1, -0.05) is 20.8 Å². The maximum absolute atomic E-state index is 14.3. The molecule has 0 aromatic heterocycles. The number of esters is 1. The summed E-state index contributed by atoms with van der Waals surface area (Å²) in [5, 5.41) is 45.2. The van der Waals surface area contributed by atoms with Crippen molar-refractivity contribution in [2.24, 2.45) is 17.8 Å². The number of hydrogen-bond donors (Lipinski definition) is 4. The molecule has 2 bridgehead atoms. The number of likely N-dealkylation sites (N-methyl/N-ethyl adjacent to an activating group) is 1. The fourth-order valence-corrected chi connectivity index (χ4v) is 8.73. The standard InChI is InChI=1S/C37H65NO12/c1-14-25(39)37(10,43)32-20(4)28-18(2)16-36(9,50-28)31(49-34-27(40)24(38(11)12)15-19(3)45-34)21(5)29(22(6)33(42)48-32)47-26-17-35(8,44-13)30(41)23(7)46-26/h19-27,29-32,34,39-41,43H,14-17H2,1-13H3/t19-,20+,21+,22-,23+,24+,25-,26+,27-,29+,30+,31-,32+,34+,35-,36-,37-/m1/s1. The third-order valence-corrected chi connectivity index (χ3v) is 11.9. The van der Waals surface area contributed by atoms with Gasteiger partial charge in [-0.05, 0) is 81.0 Å². The van der Waals surface area contributed by atoms with Gasteiger partial charge in [0.05, 0.1) is 41.9 Å². The monoisotopic (exact) mass is 715 g/mol. The molecule has 0 aromatic carbocycles. The topological polar surface area (TPSA) is 166 Å². The second kappa shape index (κ2) is 15.5. The van der Waals surface area contributed by atoms with Crippen LogP contribution in [0.5, 0.6) is 0 Å². The highest BCUT2D eigenvalue weighted by molar-refractivity contribution is 5.73. The number of aliphatic hydroxyl groups is 4. The van der Waals surface area contributed by atoms with Crippen molar-refractivity contribution in [1.82, 2.24) is 4.90 Å². The second-order valence-corrected chi connectivity index (χ2v) is 16.3. The van der Waals surface area contributed by atoms with Crippen LogP contribution in [0.1, 0.15) is 94.9 Å². The van der Waals surface area contributed by atoms with Gasteiger partial charge >= 0.3 is 5.97 Å². The van der Waals surface area contributed by atoms with Crippen LogP contribution in [0.2, 0.25) is 0 Å². The van der Waals surface area contributed by atoms with E-state index in [0.29, 0.717) is 18.6 Å². The summed E-state index contributed by atoms with van der Waals surface area (Å²) < 4.78 is 44.8. The summed E-state index contributed by atoms with van der Waals surface area (Å²) in [6.45, 7) is 18.0. The Bertz CT molecular complexity index is 1210. The summed E-state index contributed by atoms with van der Waals surface area (Å²) >= 11 is 0. The normalized spacial score (nSPS) is 46.5. The number of hydrogen-bond acceptors (Lipinski definition) is 13. The Balaban J connectivity index is 1.83. The molecule has 50 heavy (non-hydrogen) atoms. The molecule has 4 N–H and O–H groups in total. The summed E-state index contributed by atoms with van der Waals surface area (Å²) in [6.07, 6.45) is -7.24. The lowest BCUT2D eigenvalue weighted by atomic mass is 9.78. The van der Waals surface area contributed by atoms with Crippen LogP contribution < -0.4 is 0 Å². The van der Waals surface area contributed by atoms with Crippen LogP contribution in [-0.2, 0) is 38.0 Å². The molecule has 13 nitrogen and oxygen atoms in total. The first kappa shape index (κ1) is 41.4. The Morgan fingerprint density at radius 2 is 1.70 bits per heavy atom. The largest absolute Gasteiger partial charge is 0.488 e. The Morgan fingerprint density at radius 1 is 1.06 bits per heavy atom. The maximum atomic E-state index is 14.3. The number of cyclic esters (lactones) is 1. The number of aliphatic hydroxyl groups excluding tert-OH is 3. The molecule has 13 heteroatoms. The molecule has 0 amide bonds. The van der Waals surface area contributed by atoms with Crippen LogP contribution in [0, 0.1) is 17.8 Å². The Labute approximate surface area is 298 Å². The SMILES string of the molecule is CC[C@@H](O)[C@@](C)(O)[C@H]1OC(=O)[C@H](C)[C@@H](O[C@H]2C[C@@](C)(OC)[C@@H](O)[C@H](C)O2)[C@H](C)[C@@H](O[C@@H]2O[C@H](C)C[C@H](N(C)C)[C@H]2O)[C@@]2(C)CC(C)=C(O2)[C@@H]1C. The van der Waals surface area contributed by atoms with E-state index < -0.39 is 95.8 Å². The molecule has 0 radical (unpaired) electrons. The van der Waals surface area contributed by atoms with Crippen LogP contribution in [0.25, 0.3) is 0 Å². The van der Waals surface area contributed by atoms with Gasteiger partial charge in [0, 0.05) is 31.9 Å². The molecule has 4 heterocycles. The molecule has 0 unspecified atom stereocenters. The minimum atomic E-state index is -1.82. The third kappa shape index (κ3) is 7.93. The first-order valence-electron chi connectivity index (χ1n) is 18.3. The summed E-state index contributed by atoms with van der Waals surface area (Å²) in [6, 6.07) is -0.223. The highest BCUT2D eigenvalue weighted by Gasteiger charge is 2.57. The number of ether oxygens (including phenoxy) is 7. The van der Waals surface area contributed by atoms with E-state index in [1.165, 1.54) is 14.0 Å². The fraction of sp³-hybridized carbons (Fsp3) is 0.919. The Morgan fingerprint density at radius 3 is 2.28 bits per heavy atom.